The van der Waals surface area contributed by atoms with E-state index in [1.807, 2.05) is 36.5 Å². The number of benzene rings is 2. The molecule has 0 fully saturated rings. The Morgan fingerprint density at radius 1 is 1.02 bits per heavy atom. The minimum absolute atomic E-state index is 0.0378. The van der Waals surface area contributed by atoms with Gasteiger partial charge in [-0.1, -0.05) is 65.9 Å². The van der Waals surface area contributed by atoms with E-state index in [9.17, 15) is 14.4 Å². The van der Waals surface area contributed by atoms with Gasteiger partial charge in [0, 0.05) is 43.1 Å². The van der Waals surface area contributed by atoms with Crippen molar-refractivity contribution in [2.24, 2.45) is 0 Å². The molecule has 0 bridgehead atoms. The normalized spacial score (nSPS) is 12.2. The number of nitrogens with zero attached hydrogens (tertiary/aromatic N) is 2. The van der Waals surface area contributed by atoms with Crippen molar-refractivity contribution >= 4 is 48.0 Å². The van der Waals surface area contributed by atoms with Gasteiger partial charge >= 0.3 is 18.3 Å². The number of anilines is 1. The third-order valence-electron chi connectivity index (χ3n) is 6.38. The van der Waals surface area contributed by atoms with Gasteiger partial charge < -0.3 is 34.1 Å². The fraction of sp³-hybridized carbons (Fsp3) is 0.438. The molecule has 1 aromatic heterocycles. The molecule has 0 aliphatic carbocycles. The SMILES string of the molecule is COC(=O)Nc1ccc(-c2cn(COCC[Si](C)(C)C)c(C(CNC(=O)OC(C)(C)C)NC(=O)OCc3ccccc3)n2)c(Br)c1. The molecule has 0 saturated heterocycles. The first-order valence-corrected chi connectivity index (χ1v) is 19.4. The number of ether oxygens (including phenoxy) is 4. The zero-order valence-electron chi connectivity index (χ0n) is 27.4. The second-order valence-electron chi connectivity index (χ2n) is 12.8. The lowest BCUT2D eigenvalue weighted by molar-refractivity contribution is 0.0517. The molecule has 250 valence electrons. The first-order valence-electron chi connectivity index (χ1n) is 14.9. The van der Waals surface area contributed by atoms with Crippen LogP contribution in [0.15, 0.2) is 59.2 Å². The molecule has 14 heteroatoms. The maximum atomic E-state index is 13.0. The fourth-order valence-electron chi connectivity index (χ4n) is 4.07. The average molecular weight is 719 g/mol. The molecule has 0 aliphatic rings. The molecule has 0 radical (unpaired) electrons. The van der Waals surface area contributed by atoms with E-state index in [0.717, 1.165) is 17.2 Å². The number of halogens is 1. The number of methoxy groups -OCH3 is 1. The smallest absolute Gasteiger partial charge is 0.411 e. The molecule has 1 heterocycles. The Bertz CT molecular complexity index is 1470. The highest BCUT2D eigenvalue weighted by Crippen LogP contribution is 2.31. The summed E-state index contributed by atoms with van der Waals surface area (Å²) < 4.78 is 24.1. The fourth-order valence-corrected chi connectivity index (χ4v) is 5.40. The van der Waals surface area contributed by atoms with Crippen molar-refractivity contribution < 1.29 is 33.3 Å². The minimum Gasteiger partial charge on any atom is -0.453 e. The van der Waals surface area contributed by atoms with Gasteiger partial charge in [0.15, 0.2) is 0 Å². The van der Waals surface area contributed by atoms with Crippen LogP contribution in [0, 0.1) is 0 Å². The van der Waals surface area contributed by atoms with Gasteiger partial charge in [-0.2, -0.15) is 0 Å². The van der Waals surface area contributed by atoms with Crippen LogP contribution in [0.1, 0.15) is 38.2 Å². The van der Waals surface area contributed by atoms with Gasteiger partial charge in [-0.25, -0.2) is 19.4 Å². The maximum absolute atomic E-state index is 13.0. The summed E-state index contributed by atoms with van der Waals surface area (Å²) in [5.74, 6) is 0.430. The third kappa shape index (κ3) is 12.5. The molecule has 1 unspecified atom stereocenters. The second kappa shape index (κ2) is 16.6. The third-order valence-corrected chi connectivity index (χ3v) is 8.74. The number of amides is 3. The van der Waals surface area contributed by atoms with Crippen LogP contribution in [0.25, 0.3) is 11.3 Å². The molecule has 0 spiro atoms. The Morgan fingerprint density at radius 2 is 1.74 bits per heavy atom. The minimum atomic E-state index is -1.34. The van der Waals surface area contributed by atoms with Gasteiger partial charge in [-0.05, 0) is 50.6 Å². The van der Waals surface area contributed by atoms with Crippen LogP contribution in [0.4, 0.5) is 20.1 Å². The number of hydrogen-bond donors (Lipinski definition) is 3. The van der Waals surface area contributed by atoms with E-state index in [2.05, 4.69) is 56.3 Å². The highest BCUT2D eigenvalue weighted by molar-refractivity contribution is 9.10. The Balaban J connectivity index is 1.94. The van der Waals surface area contributed by atoms with Crippen molar-refractivity contribution in [3.63, 3.8) is 0 Å². The number of alkyl carbamates (subject to hydrolysis) is 2. The maximum Gasteiger partial charge on any atom is 0.411 e. The number of hydrogen-bond acceptors (Lipinski definition) is 8. The second-order valence-corrected chi connectivity index (χ2v) is 19.2. The van der Waals surface area contributed by atoms with Gasteiger partial charge in [-0.3, -0.25) is 5.32 Å². The number of carbonyl (C=O) groups excluding carboxylic acids is 3. The largest absolute Gasteiger partial charge is 0.453 e. The molecule has 46 heavy (non-hydrogen) atoms. The summed E-state index contributed by atoms with van der Waals surface area (Å²) in [4.78, 5) is 42.2. The molecule has 1 atom stereocenters. The zero-order chi connectivity index (χ0) is 33.9. The molecule has 3 aromatic rings. The van der Waals surface area contributed by atoms with E-state index in [0.29, 0.717) is 28.3 Å². The van der Waals surface area contributed by atoms with Crippen molar-refractivity contribution in [1.82, 2.24) is 20.2 Å². The standard InChI is InChI=1S/C32H44BrN5O7Si/c1-32(2,3)45-29(39)34-18-26(37-31(41)44-20-22-11-9-8-10-12-22)28-36-27(19-38(28)21-43-15-16-46(5,6)7)24-14-13-23(17-25(24)33)35-30(40)42-4/h8-14,17,19,26H,15-16,18,20-21H2,1-7H3,(H,34,39)(H,35,40)(H,37,41). The van der Waals surface area contributed by atoms with Gasteiger partial charge in [-0.15, -0.1) is 0 Å². The Morgan fingerprint density at radius 3 is 2.37 bits per heavy atom. The van der Waals surface area contributed by atoms with Crippen LogP contribution in [-0.4, -0.2) is 61.8 Å². The molecular formula is C32H44BrN5O7Si. The lowest BCUT2D eigenvalue weighted by Crippen LogP contribution is -2.41. The molecule has 0 aliphatic heterocycles. The van der Waals surface area contributed by atoms with Crippen LogP contribution in [0.2, 0.25) is 25.7 Å². The number of imidazole rings is 1. The van der Waals surface area contributed by atoms with Gasteiger partial charge in [0.1, 0.15) is 30.8 Å². The Kier molecular flexibility index (Phi) is 13.2. The predicted octanol–water partition coefficient (Wildman–Crippen LogP) is 7.30. The van der Waals surface area contributed by atoms with E-state index in [4.69, 9.17) is 19.2 Å². The first kappa shape index (κ1) is 36.6. The molecule has 3 N–H and O–H groups in total. The van der Waals surface area contributed by atoms with Crippen LogP contribution >= 0.6 is 15.9 Å². The van der Waals surface area contributed by atoms with Crippen LogP contribution < -0.4 is 16.0 Å². The van der Waals surface area contributed by atoms with Crippen LogP contribution in [0.5, 0.6) is 0 Å². The lowest BCUT2D eigenvalue weighted by atomic mass is 10.1. The van der Waals surface area contributed by atoms with Gasteiger partial charge in [0.2, 0.25) is 0 Å². The summed E-state index contributed by atoms with van der Waals surface area (Å²) in [6.45, 7) is 12.9. The monoisotopic (exact) mass is 717 g/mol. The van der Waals surface area contributed by atoms with E-state index in [-0.39, 0.29) is 19.9 Å². The number of nitrogens with one attached hydrogen (secondary N) is 3. The van der Waals surface area contributed by atoms with Crippen molar-refractivity contribution in [3.8, 4) is 11.3 Å². The number of carbonyl (C=O) groups is 3. The number of rotatable bonds is 13. The van der Waals surface area contributed by atoms with E-state index in [1.165, 1.54) is 7.11 Å². The van der Waals surface area contributed by atoms with E-state index >= 15 is 0 Å². The summed E-state index contributed by atoms with van der Waals surface area (Å²) in [6, 6.07) is 14.7. The van der Waals surface area contributed by atoms with Crippen LogP contribution in [-0.2, 0) is 32.3 Å². The molecule has 3 rings (SSSR count). The summed E-state index contributed by atoms with van der Waals surface area (Å²) in [7, 11) is -0.0498. The first-order chi connectivity index (χ1) is 21.6. The molecule has 3 amide bonds. The number of aromatic nitrogens is 2. The van der Waals surface area contributed by atoms with Gasteiger partial charge in [0.25, 0.3) is 0 Å². The van der Waals surface area contributed by atoms with Crippen molar-refractivity contribution in [1.29, 1.82) is 0 Å². The van der Waals surface area contributed by atoms with E-state index < -0.39 is 38.0 Å². The lowest BCUT2D eigenvalue weighted by Gasteiger charge is -2.23. The molecule has 2 aromatic carbocycles. The molecule has 0 saturated carbocycles. The average Bonchev–Trinajstić information content (AvgIpc) is 3.39. The molecular weight excluding hydrogens is 674 g/mol. The topological polar surface area (TPSA) is 142 Å². The Labute approximate surface area is 279 Å². The van der Waals surface area contributed by atoms with Gasteiger partial charge in [0.05, 0.1) is 12.8 Å². The summed E-state index contributed by atoms with van der Waals surface area (Å²) in [5.41, 5.74) is 1.94. The summed E-state index contributed by atoms with van der Waals surface area (Å²) >= 11 is 3.58. The zero-order valence-corrected chi connectivity index (χ0v) is 30.0. The summed E-state index contributed by atoms with van der Waals surface area (Å²) in [6.07, 6.45) is -0.102. The highest BCUT2D eigenvalue weighted by atomic mass is 79.9. The van der Waals surface area contributed by atoms with Crippen molar-refractivity contribution in [3.05, 3.63) is 70.6 Å². The summed E-state index contributed by atoms with van der Waals surface area (Å²) in [5, 5.41) is 8.23. The highest BCUT2D eigenvalue weighted by Gasteiger charge is 2.26. The quantitative estimate of drug-likeness (QED) is 0.0951. The predicted molar refractivity (Wildman–Crippen MR) is 182 cm³/mol. The Hall–Kier alpha value is -3.88. The van der Waals surface area contributed by atoms with Crippen molar-refractivity contribution in [2.75, 3.05) is 25.6 Å². The van der Waals surface area contributed by atoms with Crippen molar-refractivity contribution in [2.45, 2.75) is 71.4 Å². The van der Waals surface area contributed by atoms with Crippen LogP contribution in [0.3, 0.4) is 0 Å². The van der Waals surface area contributed by atoms with E-state index in [1.54, 1.807) is 43.5 Å². The molecule has 12 nitrogen and oxygen atoms in total.